The van der Waals surface area contributed by atoms with Gasteiger partial charge in [0.2, 0.25) is 0 Å². The molecule has 0 saturated heterocycles. The van der Waals surface area contributed by atoms with E-state index >= 15 is 0 Å². The molecule has 0 aliphatic rings. The van der Waals surface area contributed by atoms with Crippen LogP contribution in [0.4, 0.5) is 0 Å². The van der Waals surface area contributed by atoms with E-state index in [-0.39, 0.29) is 0 Å². The van der Waals surface area contributed by atoms with Gasteiger partial charge in [-0.3, -0.25) is 9.97 Å². The highest BCUT2D eigenvalue weighted by atomic mass is 32.1. The predicted octanol–water partition coefficient (Wildman–Crippen LogP) is 4.49. The number of rotatable bonds is 2. The molecule has 0 saturated carbocycles. The van der Waals surface area contributed by atoms with Crippen LogP contribution in [0.25, 0.3) is 20.9 Å². The third-order valence-electron chi connectivity index (χ3n) is 3.30. The van der Waals surface area contributed by atoms with E-state index in [2.05, 4.69) is 35.9 Å². The molecule has 0 N–H and O–H groups in total. The van der Waals surface area contributed by atoms with Crippen LogP contribution in [0.3, 0.4) is 0 Å². The van der Waals surface area contributed by atoms with Crippen LogP contribution in [0, 0.1) is 13.8 Å². The zero-order valence-corrected chi connectivity index (χ0v) is 11.7. The zero-order chi connectivity index (χ0) is 13.2. The lowest BCUT2D eigenvalue weighted by Crippen LogP contribution is -1.80. The van der Waals surface area contributed by atoms with E-state index in [1.807, 2.05) is 35.9 Å². The molecule has 0 radical (unpaired) electrons. The maximum absolute atomic E-state index is 4.21. The fraction of sp³-hybridized carbons (Fsp3) is 0.125. The lowest BCUT2D eigenvalue weighted by atomic mass is 10.1. The van der Waals surface area contributed by atoms with Crippen molar-refractivity contribution in [1.29, 1.82) is 0 Å². The average Bonchev–Trinajstić information content (AvgIpc) is 2.77. The van der Waals surface area contributed by atoms with Gasteiger partial charge in [0, 0.05) is 45.7 Å². The van der Waals surface area contributed by atoms with Crippen LogP contribution in [-0.4, -0.2) is 9.97 Å². The van der Waals surface area contributed by atoms with Gasteiger partial charge >= 0.3 is 0 Å². The first-order valence-corrected chi connectivity index (χ1v) is 7.00. The van der Waals surface area contributed by atoms with Gasteiger partial charge in [0.05, 0.1) is 0 Å². The Morgan fingerprint density at radius 2 is 1.26 bits per heavy atom. The molecule has 3 rings (SSSR count). The van der Waals surface area contributed by atoms with Crippen molar-refractivity contribution < 1.29 is 0 Å². The van der Waals surface area contributed by atoms with Gasteiger partial charge in [0.25, 0.3) is 0 Å². The third kappa shape index (κ3) is 2.17. The summed E-state index contributed by atoms with van der Waals surface area (Å²) in [4.78, 5) is 11.0. The summed E-state index contributed by atoms with van der Waals surface area (Å²) in [6.07, 6.45) is 7.46. The van der Waals surface area contributed by atoms with Gasteiger partial charge in [-0.2, -0.15) is 0 Å². The highest BCUT2D eigenvalue weighted by Gasteiger charge is 2.14. The lowest BCUT2D eigenvalue weighted by molar-refractivity contribution is 1.32. The molecular weight excluding hydrogens is 252 g/mol. The predicted molar refractivity (Wildman–Crippen MR) is 80.3 cm³/mol. The second kappa shape index (κ2) is 4.94. The summed E-state index contributed by atoms with van der Waals surface area (Å²) in [6.45, 7) is 4.35. The molecule has 0 aliphatic heterocycles. The number of pyridine rings is 2. The van der Waals surface area contributed by atoms with Gasteiger partial charge in [-0.1, -0.05) is 12.1 Å². The molecule has 0 fully saturated rings. The van der Waals surface area contributed by atoms with Crippen LogP contribution >= 0.6 is 11.3 Å². The third-order valence-corrected chi connectivity index (χ3v) is 4.79. The van der Waals surface area contributed by atoms with Crippen molar-refractivity contribution in [3.8, 4) is 20.9 Å². The molecule has 94 valence electrons. The smallest absolute Gasteiger partial charge is 0.0396 e. The van der Waals surface area contributed by atoms with Crippen LogP contribution in [0.1, 0.15) is 11.1 Å². The highest BCUT2D eigenvalue weighted by molar-refractivity contribution is 7.19. The van der Waals surface area contributed by atoms with Crippen molar-refractivity contribution in [2.45, 2.75) is 13.8 Å². The second-order valence-electron chi connectivity index (χ2n) is 4.49. The summed E-state index contributed by atoms with van der Waals surface area (Å²) >= 11 is 1.81. The molecule has 0 spiro atoms. The fourth-order valence-electron chi connectivity index (χ4n) is 2.14. The Balaban J connectivity index is 2.16. The van der Waals surface area contributed by atoms with Crippen molar-refractivity contribution >= 4 is 11.3 Å². The van der Waals surface area contributed by atoms with Crippen molar-refractivity contribution in [1.82, 2.24) is 9.97 Å². The van der Waals surface area contributed by atoms with E-state index in [1.165, 1.54) is 32.0 Å². The summed E-state index contributed by atoms with van der Waals surface area (Å²) < 4.78 is 0. The maximum atomic E-state index is 4.21. The molecular formula is C16H14N2S. The molecule has 0 unspecified atom stereocenters. The monoisotopic (exact) mass is 266 g/mol. The van der Waals surface area contributed by atoms with Crippen LogP contribution < -0.4 is 0 Å². The largest absolute Gasteiger partial charge is 0.264 e. The molecule has 0 amide bonds. The molecule has 0 aromatic carbocycles. The summed E-state index contributed by atoms with van der Waals surface area (Å²) in [7, 11) is 0. The first-order valence-electron chi connectivity index (χ1n) is 6.18. The minimum absolute atomic E-state index is 1.18. The maximum Gasteiger partial charge on any atom is 0.0396 e. The minimum Gasteiger partial charge on any atom is -0.264 e. The van der Waals surface area contributed by atoms with Crippen molar-refractivity contribution in [2.24, 2.45) is 0 Å². The summed E-state index contributed by atoms with van der Waals surface area (Å²) in [5.74, 6) is 0. The molecule has 2 nitrogen and oxygen atoms in total. The van der Waals surface area contributed by atoms with Crippen molar-refractivity contribution in [2.75, 3.05) is 0 Å². The van der Waals surface area contributed by atoms with Gasteiger partial charge in [-0.05, 0) is 37.1 Å². The second-order valence-corrected chi connectivity index (χ2v) is 5.51. The van der Waals surface area contributed by atoms with Gasteiger partial charge in [-0.15, -0.1) is 11.3 Å². The van der Waals surface area contributed by atoms with E-state index in [0.717, 1.165) is 0 Å². The fourth-order valence-corrected chi connectivity index (χ4v) is 3.43. The topological polar surface area (TPSA) is 25.8 Å². The number of aromatic nitrogens is 2. The number of hydrogen-bond acceptors (Lipinski definition) is 3. The Morgan fingerprint density at radius 1 is 0.789 bits per heavy atom. The average molecular weight is 266 g/mol. The Bertz CT molecular complexity index is 628. The van der Waals surface area contributed by atoms with Crippen molar-refractivity contribution in [3.63, 3.8) is 0 Å². The van der Waals surface area contributed by atoms with Gasteiger partial charge < -0.3 is 0 Å². The normalized spacial score (nSPS) is 10.6. The van der Waals surface area contributed by atoms with E-state index in [4.69, 9.17) is 0 Å². The van der Waals surface area contributed by atoms with Gasteiger partial charge in [0.1, 0.15) is 0 Å². The van der Waals surface area contributed by atoms with Crippen LogP contribution in [0.15, 0.2) is 49.1 Å². The first kappa shape index (κ1) is 12.1. The number of thiophene rings is 1. The van der Waals surface area contributed by atoms with Crippen LogP contribution in [0.5, 0.6) is 0 Å². The minimum atomic E-state index is 1.18. The molecule has 3 heteroatoms. The SMILES string of the molecule is Cc1c(-c2cccnc2)sc(-c2cccnc2)c1C. The van der Waals surface area contributed by atoms with E-state index < -0.39 is 0 Å². The molecule has 0 bridgehead atoms. The Kier molecular flexibility index (Phi) is 3.13. The summed E-state index contributed by atoms with van der Waals surface area (Å²) in [5.41, 5.74) is 5.03. The zero-order valence-electron chi connectivity index (χ0n) is 10.9. The summed E-state index contributed by atoms with van der Waals surface area (Å²) in [5, 5.41) is 0. The lowest BCUT2D eigenvalue weighted by Gasteiger charge is -1.98. The Hall–Kier alpha value is -2.00. The standard InChI is InChI=1S/C16H14N2S/c1-11-12(2)16(14-6-4-8-18-10-14)19-15(11)13-5-3-7-17-9-13/h3-10H,1-2H3. The number of hydrogen-bond donors (Lipinski definition) is 0. The van der Waals surface area contributed by atoms with E-state index in [1.54, 1.807) is 12.4 Å². The number of nitrogens with zero attached hydrogens (tertiary/aromatic N) is 2. The summed E-state index contributed by atoms with van der Waals surface area (Å²) in [6, 6.07) is 8.18. The molecule has 3 heterocycles. The molecule has 0 atom stereocenters. The molecule has 19 heavy (non-hydrogen) atoms. The quantitative estimate of drug-likeness (QED) is 0.683. The van der Waals surface area contributed by atoms with Crippen LogP contribution in [-0.2, 0) is 0 Å². The highest BCUT2D eigenvalue weighted by Crippen LogP contribution is 2.40. The van der Waals surface area contributed by atoms with E-state index in [9.17, 15) is 0 Å². The van der Waals surface area contributed by atoms with Gasteiger partial charge in [-0.25, -0.2) is 0 Å². The van der Waals surface area contributed by atoms with Crippen molar-refractivity contribution in [3.05, 3.63) is 60.2 Å². The van der Waals surface area contributed by atoms with E-state index in [0.29, 0.717) is 0 Å². The molecule has 0 aliphatic carbocycles. The van der Waals surface area contributed by atoms with Crippen LogP contribution in [0.2, 0.25) is 0 Å². The first-order chi connectivity index (χ1) is 9.27. The molecule has 3 aromatic rings. The van der Waals surface area contributed by atoms with Gasteiger partial charge in [0.15, 0.2) is 0 Å². The Morgan fingerprint density at radius 3 is 1.63 bits per heavy atom. The molecule has 3 aromatic heterocycles. The Labute approximate surface area is 116 Å².